The molecule has 0 aliphatic rings. The van der Waals surface area contributed by atoms with Gasteiger partial charge in [0.25, 0.3) is 5.56 Å². The summed E-state index contributed by atoms with van der Waals surface area (Å²) in [5, 5.41) is 2.91. The summed E-state index contributed by atoms with van der Waals surface area (Å²) in [6, 6.07) is 13.4. The van der Waals surface area contributed by atoms with Crippen molar-refractivity contribution in [2.24, 2.45) is 0 Å². The van der Waals surface area contributed by atoms with Gasteiger partial charge in [0.2, 0.25) is 5.91 Å². The molecule has 2 heterocycles. The van der Waals surface area contributed by atoms with Crippen LogP contribution in [0.25, 0.3) is 16.0 Å². The number of aromatic amines is 1. The van der Waals surface area contributed by atoms with Gasteiger partial charge in [-0.1, -0.05) is 46.9 Å². The SMILES string of the molecule is Cc1ccc(-n2c(=S)sc3c(=O)[nH]c(SCC(=O)Nc4cccc(F)c4)nc32)cc1. The largest absolute Gasteiger partial charge is 0.325 e. The first kappa shape index (κ1) is 20.5. The maximum atomic E-state index is 13.2. The van der Waals surface area contributed by atoms with E-state index in [-0.39, 0.29) is 17.2 Å². The van der Waals surface area contributed by atoms with Crippen LogP contribution < -0.4 is 10.9 Å². The Morgan fingerprint density at radius 3 is 2.80 bits per heavy atom. The summed E-state index contributed by atoms with van der Waals surface area (Å²) >= 11 is 7.72. The highest BCUT2D eigenvalue weighted by molar-refractivity contribution is 7.99. The van der Waals surface area contributed by atoms with Crippen molar-refractivity contribution in [2.45, 2.75) is 12.1 Å². The number of hydrogen-bond acceptors (Lipinski definition) is 6. The minimum absolute atomic E-state index is 0.000358. The summed E-state index contributed by atoms with van der Waals surface area (Å²) < 4.78 is 15.9. The average molecular weight is 459 g/mol. The zero-order valence-corrected chi connectivity index (χ0v) is 18.1. The normalized spacial score (nSPS) is 11.0. The standard InChI is InChI=1S/C20H15FN4O2S3/c1-11-5-7-14(8-6-11)25-17-16(30-20(25)28)18(27)24-19(23-17)29-10-15(26)22-13-4-2-3-12(21)9-13/h2-9H,10H2,1H3,(H,22,26)(H,23,24,27). The number of benzene rings is 2. The number of nitrogens with zero attached hydrogens (tertiary/aromatic N) is 2. The minimum atomic E-state index is -0.435. The first-order chi connectivity index (χ1) is 14.4. The molecule has 0 spiro atoms. The van der Waals surface area contributed by atoms with Crippen LogP contribution in [0.2, 0.25) is 0 Å². The second kappa shape index (κ2) is 8.50. The number of aromatic nitrogens is 3. The molecule has 152 valence electrons. The fourth-order valence-corrected chi connectivity index (χ4v) is 4.71. The van der Waals surface area contributed by atoms with E-state index in [1.165, 1.54) is 29.5 Å². The number of amides is 1. The zero-order valence-electron chi connectivity index (χ0n) is 15.6. The van der Waals surface area contributed by atoms with Gasteiger partial charge in [0.15, 0.2) is 14.8 Å². The molecule has 10 heteroatoms. The fraction of sp³-hybridized carbons (Fsp3) is 0.100. The van der Waals surface area contributed by atoms with Gasteiger partial charge in [-0.15, -0.1) is 0 Å². The van der Waals surface area contributed by atoms with E-state index in [9.17, 15) is 14.0 Å². The van der Waals surface area contributed by atoms with E-state index >= 15 is 0 Å². The Bertz CT molecular complexity index is 1360. The van der Waals surface area contributed by atoms with Crippen LogP contribution in [0.15, 0.2) is 58.5 Å². The molecule has 0 unspecified atom stereocenters. The summed E-state index contributed by atoms with van der Waals surface area (Å²) in [7, 11) is 0. The van der Waals surface area contributed by atoms with E-state index in [1.807, 2.05) is 31.2 Å². The van der Waals surface area contributed by atoms with Crippen LogP contribution >= 0.6 is 35.3 Å². The monoisotopic (exact) mass is 458 g/mol. The van der Waals surface area contributed by atoms with E-state index in [1.54, 1.807) is 10.6 Å². The van der Waals surface area contributed by atoms with Crippen molar-refractivity contribution in [3.63, 3.8) is 0 Å². The van der Waals surface area contributed by atoms with Crippen LogP contribution in [0.3, 0.4) is 0 Å². The number of thioether (sulfide) groups is 1. The van der Waals surface area contributed by atoms with Gasteiger partial charge in [0, 0.05) is 11.4 Å². The van der Waals surface area contributed by atoms with Gasteiger partial charge in [0.1, 0.15) is 10.5 Å². The second-order valence-corrected chi connectivity index (χ2v) is 9.02. The molecule has 6 nitrogen and oxygen atoms in total. The third-order valence-electron chi connectivity index (χ3n) is 4.16. The number of rotatable bonds is 5. The summed E-state index contributed by atoms with van der Waals surface area (Å²) in [5.74, 6) is -0.774. The number of carbonyl (C=O) groups excluding carboxylic acids is 1. The van der Waals surface area contributed by atoms with Crippen molar-refractivity contribution < 1.29 is 9.18 Å². The van der Waals surface area contributed by atoms with Crippen molar-refractivity contribution in [3.05, 3.63) is 74.2 Å². The van der Waals surface area contributed by atoms with Gasteiger partial charge in [-0.05, 0) is 49.5 Å². The number of aryl methyl sites for hydroxylation is 1. The van der Waals surface area contributed by atoms with Gasteiger partial charge in [0.05, 0.1) is 5.75 Å². The molecule has 0 saturated carbocycles. The highest BCUT2D eigenvalue weighted by atomic mass is 32.2. The molecular weight excluding hydrogens is 443 g/mol. The summed E-state index contributed by atoms with van der Waals surface area (Å²) in [4.78, 5) is 31.9. The van der Waals surface area contributed by atoms with Gasteiger partial charge < -0.3 is 10.3 Å². The van der Waals surface area contributed by atoms with Gasteiger partial charge in [-0.25, -0.2) is 9.37 Å². The minimum Gasteiger partial charge on any atom is -0.325 e. The molecule has 2 aromatic carbocycles. The predicted molar refractivity (Wildman–Crippen MR) is 121 cm³/mol. The number of anilines is 1. The van der Waals surface area contributed by atoms with Crippen molar-refractivity contribution in [1.29, 1.82) is 0 Å². The molecule has 0 radical (unpaired) electrons. The Kier molecular flexibility index (Phi) is 5.80. The van der Waals surface area contributed by atoms with Crippen LogP contribution in [0.5, 0.6) is 0 Å². The molecular formula is C20H15FN4O2S3. The number of fused-ring (bicyclic) bond motifs is 1. The Hall–Kier alpha value is -2.82. The summed E-state index contributed by atoms with van der Waals surface area (Å²) in [5.41, 5.74) is 2.43. The van der Waals surface area contributed by atoms with Crippen LogP contribution in [0, 0.1) is 16.7 Å². The highest BCUT2D eigenvalue weighted by Crippen LogP contribution is 2.25. The van der Waals surface area contributed by atoms with Gasteiger partial charge in [-0.3, -0.25) is 14.2 Å². The van der Waals surface area contributed by atoms with Crippen molar-refractivity contribution in [2.75, 3.05) is 11.1 Å². The quantitative estimate of drug-likeness (QED) is 0.258. The molecule has 0 aliphatic heterocycles. The maximum Gasteiger partial charge on any atom is 0.271 e. The third-order valence-corrected chi connectivity index (χ3v) is 6.40. The van der Waals surface area contributed by atoms with Gasteiger partial charge in [-0.2, -0.15) is 0 Å². The van der Waals surface area contributed by atoms with Crippen LogP contribution in [0.1, 0.15) is 5.56 Å². The first-order valence-electron chi connectivity index (χ1n) is 8.82. The lowest BCUT2D eigenvalue weighted by molar-refractivity contribution is -0.113. The molecule has 1 amide bonds. The number of halogens is 1. The number of thiazole rings is 1. The van der Waals surface area contributed by atoms with Crippen molar-refractivity contribution >= 4 is 57.3 Å². The van der Waals surface area contributed by atoms with E-state index in [0.29, 0.717) is 25.1 Å². The van der Waals surface area contributed by atoms with E-state index in [4.69, 9.17) is 12.2 Å². The van der Waals surface area contributed by atoms with Crippen LogP contribution in [-0.4, -0.2) is 26.2 Å². The Balaban J connectivity index is 1.60. The van der Waals surface area contributed by atoms with E-state index in [0.717, 1.165) is 23.0 Å². The molecule has 2 N–H and O–H groups in total. The molecule has 0 saturated heterocycles. The van der Waals surface area contributed by atoms with Crippen molar-refractivity contribution in [1.82, 2.24) is 14.5 Å². The topological polar surface area (TPSA) is 79.8 Å². The predicted octanol–water partition coefficient (Wildman–Crippen LogP) is 4.68. The molecule has 4 rings (SSSR count). The lowest BCUT2D eigenvalue weighted by Gasteiger charge is -2.07. The second-order valence-electron chi connectivity index (χ2n) is 6.41. The average Bonchev–Trinajstić information content (AvgIpc) is 3.04. The Morgan fingerprint density at radius 2 is 2.07 bits per heavy atom. The molecule has 30 heavy (non-hydrogen) atoms. The number of nitrogens with one attached hydrogen (secondary N) is 2. The van der Waals surface area contributed by atoms with Gasteiger partial charge >= 0.3 is 0 Å². The number of hydrogen-bond donors (Lipinski definition) is 2. The van der Waals surface area contributed by atoms with E-state index < -0.39 is 5.82 Å². The molecule has 2 aromatic heterocycles. The number of carbonyl (C=O) groups is 1. The third kappa shape index (κ3) is 4.35. The van der Waals surface area contributed by atoms with E-state index in [2.05, 4.69) is 15.3 Å². The van der Waals surface area contributed by atoms with Crippen molar-refractivity contribution in [3.8, 4) is 5.69 Å². The molecule has 0 bridgehead atoms. The highest BCUT2D eigenvalue weighted by Gasteiger charge is 2.14. The van der Waals surface area contributed by atoms with Crippen LogP contribution in [-0.2, 0) is 4.79 Å². The first-order valence-corrected chi connectivity index (χ1v) is 11.0. The number of H-pyrrole nitrogens is 1. The van der Waals surface area contributed by atoms with Crippen LogP contribution in [0.4, 0.5) is 10.1 Å². The summed E-state index contributed by atoms with van der Waals surface area (Å²) in [6.07, 6.45) is 0. The Labute approximate surface area is 183 Å². The lowest BCUT2D eigenvalue weighted by Crippen LogP contribution is -2.15. The molecule has 4 aromatic rings. The summed E-state index contributed by atoms with van der Waals surface area (Å²) in [6.45, 7) is 1.99. The molecule has 0 atom stereocenters. The Morgan fingerprint density at radius 1 is 1.30 bits per heavy atom. The lowest BCUT2D eigenvalue weighted by atomic mass is 10.2. The molecule has 0 fully saturated rings. The molecule has 0 aliphatic carbocycles. The zero-order chi connectivity index (χ0) is 21.3. The maximum absolute atomic E-state index is 13.2. The smallest absolute Gasteiger partial charge is 0.271 e. The fourth-order valence-electron chi connectivity index (χ4n) is 2.78.